The van der Waals surface area contributed by atoms with Gasteiger partial charge in [0.05, 0.1) is 16.9 Å². The molecule has 29 heavy (non-hydrogen) atoms. The Morgan fingerprint density at radius 3 is 2.52 bits per heavy atom. The van der Waals surface area contributed by atoms with Crippen molar-refractivity contribution in [2.75, 3.05) is 20.2 Å². The first-order chi connectivity index (χ1) is 13.7. The number of hydrogen-bond acceptors (Lipinski definition) is 6. The molecule has 0 bridgehead atoms. The highest BCUT2D eigenvalue weighted by Gasteiger charge is 2.31. The van der Waals surface area contributed by atoms with E-state index in [1.54, 1.807) is 18.2 Å². The smallest absolute Gasteiger partial charge is 0.312 e. The van der Waals surface area contributed by atoms with E-state index in [0.29, 0.717) is 24.6 Å². The van der Waals surface area contributed by atoms with Crippen molar-refractivity contribution >= 4 is 15.7 Å². The highest BCUT2D eigenvalue weighted by atomic mass is 32.2. The molecule has 0 unspecified atom stereocenters. The van der Waals surface area contributed by atoms with Crippen LogP contribution in [0, 0.1) is 23.0 Å². The van der Waals surface area contributed by atoms with Gasteiger partial charge in [0.1, 0.15) is 0 Å². The van der Waals surface area contributed by atoms with E-state index in [2.05, 4.69) is 0 Å². The van der Waals surface area contributed by atoms with Crippen LogP contribution in [0.1, 0.15) is 25.3 Å². The minimum Gasteiger partial charge on any atom is -0.493 e. The SMILES string of the molecule is COc1cc(C)ccc1Oc1ccc(S(=O)(=O)N2CCC[C@@H](C)C2)cc1[N+](=O)[O-]. The summed E-state index contributed by atoms with van der Waals surface area (Å²) in [6, 6.07) is 8.91. The van der Waals surface area contributed by atoms with E-state index in [1.165, 1.54) is 23.5 Å². The minimum absolute atomic E-state index is 0.0527. The van der Waals surface area contributed by atoms with Crippen molar-refractivity contribution < 1.29 is 22.8 Å². The van der Waals surface area contributed by atoms with Crippen molar-refractivity contribution in [2.45, 2.75) is 31.6 Å². The third-order valence-corrected chi connectivity index (χ3v) is 6.78. The summed E-state index contributed by atoms with van der Waals surface area (Å²) in [5.41, 5.74) is 0.527. The van der Waals surface area contributed by atoms with Crippen LogP contribution in [0.3, 0.4) is 0 Å². The van der Waals surface area contributed by atoms with Crippen molar-refractivity contribution in [3.8, 4) is 17.2 Å². The Labute approximate surface area is 170 Å². The third kappa shape index (κ3) is 4.51. The van der Waals surface area contributed by atoms with Crippen LogP contribution in [0.5, 0.6) is 17.2 Å². The van der Waals surface area contributed by atoms with Crippen molar-refractivity contribution in [1.29, 1.82) is 0 Å². The molecule has 0 aromatic heterocycles. The number of piperidine rings is 1. The van der Waals surface area contributed by atoms with Gasteiger partial charge in [-0.3, -0.25) is 10.1 Å². The zero-order chi connectivity index (χ0) is 21.2. The molecule has 1 atom stereocenters. The Kier molecular flexibility index (Phi) is 6.09. The van der Waals surface area contributed by atoms with Gasteiger partial charge in [-0.25, -0.2) is 8.42 Å². The normalized spacial score (nSPS) is 17.7. The van der Waals surface area contributed by atoms with Crippen LogP contribution in [0.15, 0.2) is 41.3 Å². The fraction of sp³-hybridized carbons (Fsp3) is 0.400. The fourth-order valence-electron chi connectivity index (χ4n) is 3.38. The van der Waals surface area contributed by atoms with Crippen LogP contribution in [0.4, 0.5) is 5.69 Å². The van der Waals surface area contributed by atoms with Crippen molar-refractivity contribution in [3.63, 3.8) is 0 Å². The second kappa shape index (κ2) is 8.38. The predicted octanol–water partition coefficient (Wildman–Crippen LogP) is 4.12. The molecule has 0 amide bonds. The van der Waals surface area contributed by atoms with Crippen LogP contribution in [-0.2, 0) is 10.0 Å². The molecule has 0 radical (unpaired) electrons. The van der Waals surface area contributed by atoms with E-state index in [1.807, 2.05) is 13.8 Å². The van der Waals surface area contributed by atoms with Gasteiger partial charge in [-0.2, -0.15) is 4.31 Å². The number of aryl methyl sites for hydroxylation is 1. The van der Waals surface area contributed by atoms with Crippen molar-refractivity contribution in [1.82, 2.24) is 4.31 Å². The van der Waals surface area contributed by atoms with E-state index in [-0.39, 0.29) is 16.6 Å². The van der Waals surface area contributed by atoms with Crippen LogP contribution < -0.4 is 9.47 Å². The lowest BCUT2D eigenvalue weighted by molar-refractivity contribution is -0.385. The number of sulfonamides is 1. The molecule has 0 N–H and O–H groups in total. The third-order valence-electron chi connectivity index (χ3n) is 4.92. The summed E-state index contributed by atoms with van der Waals surface area (Å²) in [6.07, 6.45) is 1.74. The summed E-state index contributed by atoms with van der Waals surface area (Å²) >= 11 is 0. The van der Waals surface area contributed by atoms with E-state index in [0.717, 1.165) is 24.5 Å². The molecule has 1 heterocycles. The van der Waals surface area contributed by atoms with Gasteiger partial charge in [-0.05, 0) is 55.5 Å². The monoisotopic (exact) mass is 420 g/mol. The molecule has 3 rings (SSSR count). The average molecular weight is 420 g/mol. The van der Waals surface area contributed by atoms with Crippen LogP contribution >= 0.6 is 0 Å². The maximum Gasteiger partial charge on any atom is 0.312 e. The molecule has 2 aromatic carbocycles. The van der Waals surface area contributed by atoms with Crippen LogP contribution in [0.2, 0.25) is 0 Å². The predicted molar refractivity (Wildman–Crippen MR) is 108 cm³/mol. The lowest BCUT2D eigenvalue weighted by Crippen LogP contribution is -2.39. The lowest BCUT2D eigenvalue weighted by atomic mass is 10.0. The van der Waals surface area contributed by atoms with Gasteiger partial charge in [0.15, 0.2) is 11.5 Å². The average Bonchev–Trinajstić information content (AvgIpc) is 2.69. The lowest BCUT2D eigenvalue weighted by Gasteiger charge is -2.30. The molecular formula is C20H24N2O6S. The van der Waals surface area contributed by atoms with Gasteiger partial charge < -0.3 is 9.47 Å². The Bertz CT molecular complexity index is 1020. The molecule has 2 aromatic rings. The Morgan fingerprint density at radius 2 is 1.86 bits per heavy atom. The highest BCUT2D eigenvalue weighted by molar-refractivity contribution is 7.89. The quantitative estimate of drug-likeness (QED) is 0.515. The zero-order valence-corrected chi connectivity index (χ0v) is 17.4. The summed E-state index contributed by atoms with van der Waals surface area (Å²) in [5, 5.41) is 11.6. The standard InChI is InChI=1S/C20H24N2O6S/c1-14-6-8-19(20(11-14)27-3)28-18-9-7-16(12-17(18)22(23)24)29(25,26)21-10-4-5-15(2)13-21/h6-9,11-12,15H,4-5,10,13H2,1-3H3/t15-/m1/s1. The Balaban J connectivity index is 1.97. The van der Waals surface area contributed by atoms with Gasteiger partial charge in [-0.15, -0.1) is 0 Å². The van der Waals surface area contributed by atoms with E-state index >= 15 is 0 Å². The summed E-state index contributed by atoms with van der Waals surface area (Å²) in [6.45, 7) is 4.71. The molecule has 0 spiro atoms. The van der Waals surface area contributed by atoms with Gasteiger partial charge in [0.25, 0.3) is 0 Å². The molecule has 0 aliphatic carbocycles. The zero-order valence-electron chi connectivity index (χ0n) is 16.6. The number of rotatable bonds is 6. The highest BCUT2D eigenvalue weighted by Crippen LogP contribution is 2.38. The Hall–Kier alpha value is -2.65. The summed E-state index contributed by atoms with van der Waals surface area (Å²) in [7, 11) is -2.33. The summed E-state index contributed by atoms with van der Waals surface area (Å²) in [5.74, 6) is 0.938. The van der Waals surface area contributed by atoms with E-state index < -0.39 is 20.6 Å². The molecule has 156 valence electrons. The van der Waals surface area contributed by atoms with Gasteiger partial charge in [0.2, 0.25) is 15.8 Å². The van der Waals surface area contributed by atoms with Gasteiger partial charge in [0, 0.05) is 19.2 Å². The topological polar surface area (TPSA) is 99.0 Å². The molecule has 1 aliphatic heterocycles. The fourth-order valence-corrected chi connectivity index (χ4v) is 5.00. The van der Waals surface area contributed by atoms with E-state index in [4.69, 9.17) is 9.47 Å². The number of nitrogens with zero attached hydrogens (tertiary/aromatic N) is 2. The second-order valence-corrected chi connectivity index (χ2v) is 9.19. The molecule has 1 fully saturated rings. The molecular weight excluding hydrogens is 396 g/mol. The van der Waals surface area contributed by atoms with E-state index in [9.17, 15) is 18.5 Å². The number of methoxy groups -OCH3 is 1. The maximum atomic E-state index is 13.0. The van der Waals surface area contributed by atoms with Crippen molar-refractivity contribution in [2.24, 2.45) is 5.92 Å². The first-order valence-corrected chi connectivity index (χ1v) is 10.8. The summed E-state index contributed by atoms with van der Waals surface area (Å²) < 4.78 is 38.3. The summed E-state index contributed by atoms with van der Waals surface area (Å²) in [4.78, 5) is 10.9. The largest absolute Gasteiger partial charge is 0.493 e. The molecule has 8 nitrogen and oxygen atoms in total. The van der Waals surface area contributed by atoms with Crippen molar-refractivity contribution in [3.05, 3.63) is 52.1 Å². The number of hydrogen-bond donors (Lipinski definition) is 0. The molecule has 9 heteroatoms. The van der Waals surface area contributed by atoms with Gasteiger partial charge in [-0.1, -0.05) is 13.0 Å². The molecule has 1 aliphatic rings. The number of nitro benzene ring substituents is 1. The molecule has 1 saturated heterocycles. The van der Waals surface area contributed by atoms with Crippen LogP contribution in [-0.4, -0.2) is 37.8 Å². The maximum absolute atomic E-state index is 13.0. The Morgan fingerprint density at radius 1 is 1.14 bits per heavy atom. The first-order valence-electron chi connectivity index (χ1n) is 9.33. The minimum atomic E-state index is -3.81. The second-order valence-electron chi connectivity index (χ2n) is 7.25. The van der Waals surface area contributed by atoms with Crippen LogP contribution in [0.25, 0.3) is 0 Å². The number of nitro groups is 1. The first kappa shape index (κ1) is 21.1. The number of ether oxygens (including phenoxy) is 2. The van der Waals surface area contributed by atoms with Gasteiger partial charge >= 0.3 is 5.69 Å². The molecule has 0 saturated carbocycles. The number of benzene rings is 2.